The highest BCUT2D eigenvalue weighted by molar-refractivity contribution is 5.17. The van der Waals surface area contributed by atoms with E-state index in [-0.39, 0.29) is 13.2 Å². The lowest BCUT2D eigenvalue weighted by atomic mass is 9.96. The summed E-state index contributed by atoms with van der Waals surface area (Å²) >= 11 is 0. The minimum atomic E-state index is -1.08. The molecule has 0 aliphatic carbocycles. The second-order valence-corrected chi connectivity index (χ2v) is 6.70. The monoisotopic (exact) mass is 383 g/mol. The third-order valence-electron chi connectivity index (χ3n) is 4.85. The van der Waals surface area contributed by atoms with Gasteiger partial charge in [0.1, 0.15) is 18.2 Å². The normalized spacial score (nSPS) is 32.2. The van der Waals surface area contributed by atoms with Gasteiger partial charge in [-0.05, 0) is 11.1 Å². The number of rotatable bonds is 5. The van der Waals surface area contributed by atoms with Gasteiger partial charge in [0.05, 0.1) is 19.3 Å². The molecule has 2 saturated heterocycles. The fourth-order valence-electron chi connectivity index (χ4n) is 3.43. The zero-order valence-electron chi connectivity index (χ0n) is 15.1. The molecular weight excluding hydrogens is 362 g/mol. The van der Waals surface area contributed by atoms with E-state index in [4.69, 9.17) is 24.5 Å². The Hall–Kier alpha value is -2.45. The first-order chi connectivity index (χ1) is 13.8. The van der Waals surface area contributed by atoms with Gasteiger partial charge in [-0.2, -0.15) is 0 Å². The van der Waals surface area contributed by atoms with E-state index in [1.54, 1.807) is 0 Å². The van der Waals surface area contributed by atoms with Gasteiger partial charge < -0.3 is 24.1 Å². The minimum Gasteiger partial charge on any atom is -0.390 e. The average molecular weight is 383 g/mol. The summed E-state index contributed by atoms with van der Waals surface area (Å²) in [5, 5.41) is 14.5. The third kappa shape index (κ3) is 4.02. The van der Waals surface area contributed by atoms with Gasteiger partial charge in [-0.3, -0.25) is 0 Å². The molecule has 2 aromatic carbocycles. The molecule has 0 saturated carbocycles. The fraction of sp³-hybridized carbons (Fsp3) is 0.400. The lowest BCUT2D eigenvalue weighted by Gasteiger charge is -2.46. The molecule has 2 aliphatic heterocycles. The van der Waals surface area contributed by atoms with Crippen LogP contribution in [0.4, 0.5) is 0 Å². The molecule has 2 fully saturated rings. The van der Waals surface area contributed by atoms with Crippen LogP contribution >= 0.6 is 0 Å². The lowest BCUT2D eigenvalue weighted by molar-refractivity contribution is -0.343. The number of fused-ring (bicyclic) bond motifs is 1. The second kappa shape index (κ2) is 8.70. The van der Waals surface area contributed by atoms with Crippen LogP contribution in [0.2, 0.25) is 0 Å². The van der Waals surface area contributed by atoms with Crippen LogP contribution in [0.3, 0.4) is 0 Å². The van der Waals surface area contributed by atoms with Crippen molar-refractivity contribution in [2.75, 3.05) is 6.61 Å². The highest BCUT2D eigenvalue weighted by Crippen LogP contribution is 2.35. The van der Waals surface area contributed by atoms with E-state index in [0.717, 1.165) is 11.1 Å². The predicted molar refractivity (Wildman–Crippen MR) is 98.8 cm³/mol. The van der Waals surface area contributed by atoms with E-state index >= 15 is 0 Å². The van der Waals surface area contributed by atoms with Crippen LogP contribution in [0.25, 0.3) is 10.4 Å². The molecule has 8 nitrogen and oxygen atoms in total. The Morgan fingerprint density at radius 1 is 1.07 bits per heavy atom. The maximum absolute atomic E-state index is 10.8. The van der Waals surface area contributed by atoms with Crippen LogP contribution in [-0.2, 0) is 25.6 Å². The first-order valence-corrected chi connectivity index (χ1v) is 9.11. The number of aliphatic hydroxyl groups excluding tert-OH is 1. The van der Waals surface area contributed by atoms with Gasteiger partial charge >= 0.3 is 0 Å². The third-order valence-corrected chi connectivity index (χ3v) is 4.85. The molecule has 0 radical (unpaired) electrons. The van der Waals surface area contributed by atoms with Crippen molar-refractivity contribution in [2.24, 2.45) is 5.11 Å². The maximum atomic E-state index is 10.8. The SMILES string of the molecule is [N-]=[N+]=N[C@H]1[C@H](OCc2ccccc2)O[C@H]2COC(c3ccccc3)O[C@@H]2[C@H]1O. The van der Waals surface area contributed by atoms with Gasteiger partial charge in [-0.25, -0.2) is 0 Å². The van der Waals surface area contributed by atoms with E-state index in [2.05, 4.69) is 10.0 Å². The molecule has 4 rings (SSSR count). The Balaban J connectivity index is 1.47. The molecule has 6 atom stereocenters. The molecule has 8 heteroatoms. The summed E-state index contributed by atoms with van der Waals surface area (Å²) in [4.78, 5) is 2.85. The van der Waals surface area contributed by atoms with Gasteiger partial charge in [0, 0.05) is 10.5 Å². The lowest BCUT2D eigenvalue weighted by Crippen LogP contribution is -2.61. The topological polar surface area (TPSA) is 106 Å². The molecule has 0 aromatic heterocycles. The summed E-state index contributed by atoms with van der Waals surface area (Å²) < 4.78 is 23.5. The zero-order valence-corrected chi connectivity index (χ0v) is 15.1. The highest BCUT2D eigenvalue weighted by Gasteiger charge is 2.49. The summed E-state index contributed by atoms with van der Waals surface area (Å²) in [6.07, 6.45) is -3.81. The van der Waals surface area contributed by atoms with E-state index in [0.29, 0.717) is 0 Å². The second-order valence-electron chi connectivity index (χ2n) is 6.70. The summed E-state index contributed by atoms with van der Waals surface area (Å²) in [5.74, 6) is 0. The number of hydrogen-bond acceptors (Lipinski definition) is 6. The molecule has 2 aliphatic rings. The van der Waals surface area contributed by atoms with Gasteiger partial charge in [0.25, 0.3) is 0 Å². The molecule has 0 bridgehead atoms. The zero-order chi connectivity index (χ0) is 19.3. The number of ether oxygens (including phenoxy) is 4. The van der Waals surface area contributed by atoms with Crippen molar-refractivity contribution in [3.05, 3.63) is 82.2 Å². The number of nitrogens with zero attached hydrogens (tertiary/aromatic N) is 3. The molecular formula is C20H21N3O5. The van der Waals surface area contributed by atoms with Crippen LogP contribution in [0.15, 0.2) is 65.8 Å². The standard InChI is InChI=1S/C20H21N3O5/c21-23-22-16-17(24)18-15(12-26-19(28-18)14-9-5-2-6-10-14)27-20(16)25-11-13-7-3-1-4-8-13/h1-10,15-20,24H,11-12H2/t15-,16+,17-,18-,19?,20+/m0/s1. The van der Waals surface area contributed by atoms with Crippen molar-refractivity contribution < 1.29 is 24.1 Å². The number of benzene rings is 2. The first kappa shape index (κ1) is 18.9. The van der Waals surface area contributed by atoms with E-state index in [1.165, 1.54) is 0 Å². The summed E-state index contributed by atoms with van der Waals surface area (Å²) in [5.41, 5.74) is 10.7. The van der Waals surface area contributed by atoms with Gasteiger partial charge in [-0.15, -0.1) is 0 Å². The highest BCUT2D eigenvalue weighted by atomic mass is 16.7. The summed E-state index contributed by atoms with van der Waals surface area (Å²) in [7, 11) is 0. The van der Waals surface area contributed by atoms with Crippen LogP contribution in [-0.4, -0.2) is 42.4 Å². The molecule has 28 heavy (non-hydrogen) atoms. The number of aliphatic hydroxyl groups is 1. The van der Waals surface area contributed by atoms with Crippen molar-refractivity contribution >= 4 is 0 Å². The van der Waals surface area contributed by atoms with Gasteiger partial charge in [0.2, 0.25) is 0 Å². The average Bonchev–Trinajstić information content (AvgIpc) is 2.76. The van der Waals surface area contributed by atoms with Crippen molar-refractivity contribution in [3.63, 3.8) is 0 Å². The Morgan fingerprint density at radius 3 is 2.50 bits per heavy atom. The fourth-order valence-corrected chi connectivity index (χ4v) is 3.43. The van der Waals surface area contributed by atoms with Crippen molar-refractivity contribution in [1.29, 1.82) is 0 Å². The van der Waals surface area contributed by atoms with Crippen LogP contribution < -0.4 is 0 Å². The predicted octanol–water partition coefficient (Wildman–Crippen LogP) is 3.08. The van der Waals surface area contributed by atoms with E-state index < -0.39 is 36.9 Å². The molecule has 1 N–H and O–H groups in total. The van der Waals surface area contributed by atoms with Gasteiger partial charge in [0.15, 0.2) is 12.6 Å². The molecule has 146 valence electrons. The van der Waals surface area contributed by atoms with Crippen LogP contribution in [0, 0.1) is 0 Å². The number of azide groups is 1. The van der Waals surface area contributed by atoms with Crippen molar-refractivity contribution in [1.82, 2.24) is 0 Å². The summed E-state index contributed by atoms with van der Waals surface area (Å²) in [6, 6.07) is 18.1. The molecule has 0 spiro atoms. The number of hydrogen-bond donors (Lipinski definition) is 1. The maximum Gasteiger partial charge on any atom is 0.184 e. The van der Waals surface area contributed by atoms with Crippen molar-refractivity contribution in [2.45, 2.75) is 43.5 Å². The largest absolute Gasteiger partial charge is 0.390 e. The smallest absolute Gasteiger partial charge is 0.184 e. The Bertz CT molecular complexity index is 815. The summed E-state index contributed by atoms with van der Waals surface area (Å²) in [6.45, 7) is 0.497. The molecule has 2 aromatic rings. The molecule has 2 heterocycles. The van der Waals surface area contributed by atoms with E-state index in [1.807, 2.05) is 60.7 Å². The minimum absolute atomic E-state index is 0.232. The van der Waals surface area contributed by atoms with Crippen LogP contribution in [0.5, 0.6) is 0 Å². The molecule has 0 amide bonds. The first-order valence-electron chi connectivity index (χ1n) is 9.11. The van der Waals surface area contributed by atoms with E-state index in [9.17, 15) is 5.11 Å². The van der Waals surface area contributed by atoms with Crippen LogP contribution in [0.1, 0.15) is 17.4 Å². The Labute approximate surface area is 162 Å². The Morgan fingerprint density at radius 2 is 1.79 bits per heavy atom. The quantitative estimate of drug-likeness (QED) is 0.485. The van der Waals surface area contributed by atoms with Gasteiger partial charge in [-0.1, -0.05) is 65.8 Å². The van der Waals surface area contributed by atoms with Crippen molar-refractivity contribution in [3.8, 4) is 0 Å². The Kier molecular flexibility index (Phi) is 5.87. The molecule has 1 unspecified atom stereocenters.